The summed E-state index contributed by atoms with van der Waals surface area (Å²) in [6.45, 7) is 0. The number of benzene rings is 1. The predicted octanol–water partition coefficient (Wildman–Crippen LogP) is 2.96. The molecule has 1 aromatic rings. The maximum absolute atomic E-state index is 12.3. The van der Waals surface area contributed by atoms with E-state index >= 15 is 0 Å². The number of methoxy groups -OCH3 is 1. The van der Waals surface area contributed by atoms with Crippen molar-refractivity contribution >= 4 is 23.3 Å². The molecule has 0 unspecified atom stereocenters. The topological polar surface area (TPSA) is 55.4 Å². The van der Waals surface area contributed by atoms with Crippen molar-refractivity contribution in [3.05, 3.63) is 40.1 Å². The number of carbonyl (C=O) groups is 2. The van der Waals surface area contributed by atoms with Crippen molar-refractivity contribution in [3.8, 4) is 5.75 Å². The smallest absolute Gasteiger partial charge is 0.225 e. The van der Waals surface area contributed by atoms with Crippen molar-refractivity contribution in [1.29, 1.82) is 0 Å². The Balaban J connectivity index is 2.05. The summed E-state index contributed by atoms with van der Waals surface area (Å²) in [5, 5.41) is 3.34. The Morgan fingerprint density at radius 3 is 2.81 bits per heavy atom. The molecule has 1 N–H and O–H groups in total. The predicted molar refractivity (Wildman–Crippen MR) is 79.4 cm³/mol. The van der Waals surface area contributed by atoms with Crippen LogP contribution in [0.15, 0.2) is 29.5 Å². The standard InChI is InChI=1S/C16H16ClNO3/c1-21-14-6-5-9(7-11(14)17)10-8-15(20)18-12-3-2-4-13(19)16(10)12/h5-7,10H,2-4,8H2,1H3,(H,18,20)/t10-/m0/s1. The fourth-order valence-electron chi connectivity index (χ4n) is 3.09. The molecule has 4 nitrogen and oxygen atoms in total. The van der Waals surface area contributed by atoms with Gasteiger partial charge >= 0.3 is 0 Å². The molecule has 1 aliphatic carbocycles. The monoisotopic (exact) mass is 305 g/mol. The number of rotatable bonds is 2. The van der Waals surface area contributed by atoms with Crippen molar-refractivity contribution in [2.45, 2.75) is 31.6 Å². The van der Waals surface area contributed by atoms with Crippen molar-refractivity contribution in [3.63, 3.8) is 0 Å². The van der Waals surface area contributed by atoms with Gasteiger partial charge in [0.1, 0.15) is 5.75 Å². The highest BCUT2D eigenvalue weighted by atomic mass is 35.5. The van der Waals surface area contributed by atoms with Gasteiger partial charge in [0.25, 0.3) is 0 Å². The highest BCUT2D eigenvalue weighted by Crippen LogP contribution is 2.39. The second-order valence-electron chi connectivity index (χ2n) is 5.37. The van der Waals surface area contributed by atoms with E-state index in [-0.39, 0.29) is 24.0 Å². The van der Waals surface area contributed by atoms with Gasteiger partial charge in [0.2, 0.25) is 5.91 Å². The lowest BCUT2D eigenvalue weighted by atomic mass is 9.78. The van der Waals surface area contributed by atoms with E-state index in [1.54, 1.807) is 19.2 Å². The minimum Gasteiger partial charge on any atom is -0.495 e. The maximum Gasteiger partial charge on any atom is 0.225 e. The van der Waals surface area contributed by atoms with Crippen molar-refractivity contribution in [2.24, 2.45) is 0 Å². The van der Waals surface area contributed by atoms with Crippen LogP contribution in [0.25, 0.3) is 0 Å². The summed E-state index contributed by atoms with van der Waals surface area (Å²) >= 11 is 6.17. The number of nitrogens with one attached hydrogen (secondary N) is 1. The molecule has 2 aliphatic rings. The van der Waals surface area contributed by atoms with E-state index < -0.39 is 0 Å². The molecule has 0 radical (unpaired) electrons. The molecule has 110 valence electrons. The average molecular weight is 306 g/mol. The third-order valence-corrected chi connectivity index (χ3v) is 4.36. The zero-order valence-corrected chi connectivity index (χ0v) is 12.5. The van der Waals surface area contributed by atoms with Crippen LogP contribution in [0.1, 0.15) is 37.2 Å². The lowest BCUT2D eigenvalue weighted by Gasteiger charge is -2.31. The van der Waals surface area contributed by atoms with Crippen LogP contribution >= 0.6 is 11.6 Å². The van der Waals surface area contributed by atoms with E-state index in [1.807, 2.05) is 6.07 Å². The van der Waals surface area contributed by atoms with Gasteiger partial charge in [-0.1, -0.05) is 17.7 Å². The molecule has 0 spiro atoms. The summed E-state index contributed by atoms with van der Waals surface area (Å²) < 4.78 is 5.15. The molecule has 0 aromatic heterocycles. The number of amides is 1. The minimum atomic E-state index is -0.204. The summed E-state index contributed by atoms with van der Waals surface area (Å²) in [5.41, 5.74) is 2.43. The van der Waals surface area contributed by atoms with Crippen LogP contribution in [-0.4, -0.2) is 18.8 Å². The van der Waals surface area contributed by atoms with E-state index in [9.17, 15) is 9.59 Å². The van der Waals surface area contributed by atoms with Crippen molar-refractivity contribution in [2.75, 3.05) is 7.11 Å². The van der Waals surface area contributed by atoms with Gasteiger partial charge in [0, 0.05) is 30.0 Å². The highest BCUT2D eigenvalue weighted by Gasteiger charge is 2.34. The van der Waals surface area contributed by atoms with Gasteiger partial charge in [-0.05, 0) is 30.5 Å². The molecule has 0 bridgehead atoms. The first kappa shape index (κ1) is 14.1. The van der Waals surface area contributed by atoms with Crippen molar-refractivity contribution < 1.29 is 14.3 Å². The first-order valence-corrected chi connectivity index (χ1v) is 7.37. The normalized spacial score (nSPS) is 21.9. The van der Waals surface area contributed by atoms with Gasteiger partial charge in [-0.2, -0.15) is 0 Å². The lowest BCUT2D eigenvalue weighted by Crippen LogP contribution is -2.36. The average Bonchev–Trinajstić information content (AvgIpc) is 2.46. The minimum absolute atomic E-state index is 0.0413. The van der Waals surface area contributed by atoms with E-state index in [2.05, 4.69) is 5.32 Å². The molecule has 1 aromatic carbocycles. The summed E-state index contributed by atoms with van der Waals surface area (Å²) in [5.74, 6) is 0.475. The van der Waals surface area contributed by atoms with Gasteiger partial charge in [-0.15, -0.1) is 0 Å². The molecule has 1 heterocycles. The Labute approximate surface area is 128 Å². The first-order valence-electron chi connectivity index (χ1n) is 6.99. The third kappa shape index (κ3) is 2.56. The van der Waals surface area contributed by atoms with Crippen LogP contribution < -0.4 is 10.1 Å². The maximum atomic E-state index is 12.3. The molecule has 3 rings (SSSR count). The number of carbonyl (C=O) groups excluding carboxylic acids is 2. The summed E-state index contributed by atoms with van der Waals surface area (Å²) in [6.07, 6.45) is 2.39. The van der Waals surface area contributed by atoms with E-state index in [4.69, 9.17) is 16.3 Å². The van der Waals surface area contributed by atoms with Gasteiger partial charge in [-0.3, -0.25) is 9.59 Å². The molecule has 5 heteroatoms. The van der Waals surface area contributed by atoms with Gasteiger partial charge < -0.3 is 10.1 Å². The largest absolute Gasteiger partial charge is 0.495 e. The quantitative estimate of drug-likeness (QED) is 0.914. The SMILES string of the molecule is COc1ccc([C@@H]2CC(=O)NC3=C2C(=O)CCC3)cc1Cl. The van der Waals surface area contributed by atoms with Gasteiger partial charge in [-0.25, -0.2) is 0 Å². The molecule has 1 atom stereocenters. The molecular weight excluding hydrogens is 290 g/mol. The zero-order chi connectivity index (χ0) is 15.0. The molecule has 0 saturated carbocycles. The van der Waals surface area contributed by atoms with Gasteiger partial charge in [0.15, 0.2) is 5.78 Å². The second kappa shape index (κ2) is 5.53. The van der Waals surface area contributed by atoms with Crippen LogP contribution in [0.2, 0.25) is 5.02 Å². The van der Waals surface area contributed by atoms with Crippen LogP contribution in [-0.2, 0) is 9.59 Å². The van der Waals surface area contributed by atoms with Crippen molar-refractivity contribution in [1.82, 2.24) is 5.32 Å². The molecule has 1 amide bonds. The summed E-state index contributed by atoms with van der Waals surface area (Å²) in [4.78, 5) is 24.2. The molecule has 1 aliphatic heterocycles. The Morgan fingerprint density at radius 1 is 1.29 bits per heavy atom. The number of allylic oxidation sites excluding steroid dienone is 2. The van der Waals surface area contributed by atoms with Crippen LogP contribution in [0.3, 0.4) is 0 Å². The van der Waals surface area contributed by atoms with E-state index in [0.717, 1.165) is 29.7 Å². The highest BCUT2D eigenvalue weighted by molar-refractivity contribution is 6.32. The molecule has 0 fully saturated rings. The summed E-state index contributed by atoms with van der Waals surface area (Å²) in [7, 11) is 1.56. The molecule has 0 saturated heterocycles. The summed E-state index contributed by atoms with van der Waals surface area (Å²) in [6, 6.07) is 5.44. The fourth-order valence-corrected chi connectivity index (χ4v) is 3.35. The number of hydrogen-bond donors (Lipinski definition) is 1. The third-order valence-electron chi connectivity index (χ3n) is 4.06. The number of ether oxygens (including phenoxy) is 1. The Kier molecular flexibility index (Phi) is 3.72. The second-order valence-corrected chi connectivity index (χ2v) is 5.78. The van der Waals surface area contributed by atoms with Crippen LogP contribution in [0, 0.1) is 0 Å². The van der Waals surface area contributed by atoms with Crippen LogP contribution in [0.4, 0.5) is 0 Å². The van der Waals surface area contributed by atoms with Gasteiger partial charge in [0.05, 0.1) is 12.1 Å². The Bertz CT molecular complexity index is 651. The van der Waals surface area contributed by atoms with E-state index in [0.29, 0.717) is 17.2 Å². The Hall–Kier alpha value is -1.81. The number of ketones is 1. The first-order chi connectivity index (χ1) is 10.1. The number of halogens is 1. The van der Waals surface area contributed by atoms with Crippen LogP contribution in [0.5, 0.6) is 5.75 Å². The Morgan fingerprint density at radius 2 is 2.10 bits per heavy atom. The number of hydrogen-bond acceptors (Lipinski definition) is 3. The lowest BCUT2D eigenvalue weighted by molar-refractivity contribution is -0.122. The van der Waals surface area contributed by atoms with E-state index in [1.165, 1.54) is 0 Å². The zero-order valence-electron chi connectivity index (χ0n) is 11.7. The molecular formula is C16H16ClNO3. The number of Topliss-reactive ketones (excluding diaryl/α,β-unsaturated/α-hetero) is 1. The molecule has 21 heavy (non-hydrogen) atoms. The fraction of sp³-hybridized carbons (Fsp3) is 0.375.